The first-order valence-corrected chi connectivity index (χ1v) is 14.6. The van der Waals surface area contributed by atoms with Gasteiger partial charge in [0.05, 0.1) is 23.7 Å². The van der Waals surface area contributed by atoms with Crippen molar-refractivity contribution < 1.29 is 39.9 Å². The SMILES string of the molecule is CCC.CCc1ccc(-c2c3ccc(=N)c(S(=O)(=O)O)c-3oc3c(S(=O)(=O)O)c(N)ccc23)c(C(=O)OC)c1. The largest absolute Gasteiger partial charge is 0.465 e. The first-order valence-electron chi connectivity index (χ1n) is 11.7. The summed E-state index contributed by atoms with van der Waals surface area (Å²) in [5, 5.41) is 7.46. The lowest BCUT2D eigenvalue weighted by molar-refractivity contribution is 0.0601. The molecule has 1 heterocycles. The third kappa shape index (κ3) is 5.66. The second-order valence-electron chi connectivity index (χ2n) is 8.54. The number of rotatable bonds is 5. The van der Waals surface area contributed by atoms with E-state index in [1.165, 1.54) is 31.7 Å². The molecule has 0 spiro atoms. The van der Waals surface area contributed by atoms with E-state index in [0.717, 1.165) is 11.6 Å². The Labute approximate surface area is 225 Å². The third-order valence-electron chi connectivity index (χ3n) is 5.68. The molecule has 1 aliphatic carbocycles. The lowest BCUT2D eigenvalue weighted by Crippen LogP contribution is -2.16. The molecule has 2 aliphatic rings. The zero-order valence-electron chi connectivity index (χ0n) is 21.6. The molecule has 2 aromatic carbocycles. The number of methoxy groups -OCH3 is 1. The molecule has 0 aromatic heterocycles. The molecule has 4 rings (SSSR count). The van der Waals surface area contributed by atoms with E-state index in [1.807, 2.05) is 6.92 Å². The predicted molar refractivity (Wildman–Crippen MR) is 145 cm³/mol. The van der Waals surface area contributed by atoms with Crippen LogP contribution in [-0.2, 0) is 31.4 Å². The number of anilines is 1. The fraction of sp³-hybridized carbons (Fsp3) is 0.231. The Kier molecular flexibility index (Phi) is 8.50. The molecule has 2 aromatic rings. The van der Waals surface area contributed by atoms with Gasteiger partial charge in [0, 0.05) is 16.5 Å². The number of carbonyl (C=O) groups is 1. The molecule has 5 N–H and O–H groups in total. The van der Waals surface area contributed by atoms with Gasteiger partial charge in [0.1, 0.15) is 0 Å². The van der Waals surface area contributed by atoms with E-state index in [9.17, 15) is 30.7 Å². The molecule has 13 heteroatoms. The minimum Gasteiger partial charge on any atom is -0.465 e. The molecule has 0 unspecified atom stereocenters. The summed E-state index contributed by atoms with van der Waals surface area (Å²) in [4.78, 5) is 11.0. The molecule has 0 amide bonds. The molecule has 1 aliphatic heterocycles. The number of aryl methyl sites for hydroxylation is 1. The second-order valence-corrected chi connectivity index (χ2v) is 11.3. The van der Waals surface area contributed by atoms with E-state index >= 15 is 0 Å². The van der Waals surface area contributed by atoms with E-state index < -0.39 is 58.4 Å². The van der Waals surface area contributed by atoms with Gasteiger partial charge in [-0.15, -0.1) is 0 Å². The highest BCUT2D eigenvalue weighted by Gasteiger charge is 2.31. The maximum Gasteiger partial charge on any atom is 0.338 e. The van der Waals surface area contributed by atoms with Crippen molar-refractivity contribution >= 4 is 42.9 Å². The number of benzene rings is 3. The molecular formula is C26H28N2O9S2. The highest BCUT2D eigenvalue weighted by atomic mass is 32.2. The average Bonchev–Trinajstić information content (AvgIpc) is 2.85. The van der Waals surface area contributed by atoms with Gasteiger partial charge in [-0.1, -0.05) is 39.3 Å². The number of nitrogens with one attached hydrogen (secondary N) is 1. The van der Waals surface area contributed by atoms with Crippen LogP contribution in [0.3, 0.4) is 0 Å². The predicted octanol–water partition coefficient (Wildman–Crippen LogP) is 4.52. The second kappa shape index (κ2) is 11.1. The molecule has 208 valence electrons. The van der Waals surface area contributed by atoms with Crippen LogP contribution in [0.5, 0.6) is 0 Å². The molecule has 11 nitrogen and oxygen atoms in total. The third-order valence-corrected chi connectivity index (χ3v) is 7.54. The zero-order valence-corrected chi connectivity index (χ0v) is 23.2. The molecule has 0 fully saturated rings. The lowest BCUT2D eigenvalue weighted by Gasteiger charge is -2.20. The van der Waals surface area contributed by atoms with E-state index in [-0.39, 0.29) is 27.6 Å². The Morgan fingerprint density at radius 1 is 0.949 bits per heavy atom. The Morgan fingerprint density at radius 2 is 1.54 bits per heavy atom. The van der Waals surface area contributed by atoms with Gasteiger partial charge in [0.25, 0.3) is 20.2 Å². The van der Waals surface area contributed by atoms with Crippen molar-refractivity contribution in [1.29, 1.82) is 5.41 Å². The van der Waals surface area contributed by atoms with E-state index in [4.69, 9.17) is 20.3 Å². The minimum absolute atomic E-state index is 0.0339. The average molecular weight is 577 g/mol. The van der Waals surface area contributed by atoms with Crippen molar-refractivity contribution in [3.05, 3.63) is 58.9 Å². The summed E-state index contributed by atoms with van der Waals surface area (Å²) in [5.74, 6) is -1.29. The summed E-state index contributed by atoms with van der Waals surface area (Å²) in [6.45, 7) is 6.12. The van der Waals surface area contributed by atoms with Crippen molar-refractivity contribution in [2.75, 3.05) is 12.8 Å². The maximum atomic E-state index is 12.7. The topological polar surface area (TPSA) is 198 Å². The quantitative estimate of drug-likeness (QED) is 0.113. The molecule has 0 bridgehead atoms. The normalized spacial score (nSPS) is 11.7. The number of esters is 1. The van der Waals surface area contributed by atoms with Gasteiger partial charge in [0.2, 0.25) is 0 Å². The monoisotopic (exact) mass is 576 g/mol. The molecular weight excluding hydrogens is 548 g/mol. The number of hydrogen-bond acceptors (Lipinski definition) is 9. The number of nitrogen functional groups attached to an aromatic ring is 1. The van der Waals surface area contributed by atoms with Crippen LogP contribution in [-0.4, -0.2) is 39.0 Å². The Bertz CT molecular complexity index is 1830. The van der Waals surface area contributed by atoms with Gasteiger partial charge in [-0.2, -0.15) is 16.8 Å². The van der Waals surface area contributed by atoms with Crippen LogP contribution in [0.2, 0.25) is 0 Å². The lowest BCUT2D eigenvalue weighted by atomic mass is 9.89. The van der Waals surface area contributed by atoms with Gasteiger partial charge in [-0.05, 0) is 47.9 Å². The van der Waals surface area contributed by atoms with Crippen molar-refractivity contribution in [2.45, 2.75) is 43.4 Å². The molecule has 0 atom stereocenters. The van der Waals surface area contributed by atoms with Crippen LogP contribution in [0, 0.1) is 5.41 Å². The summed E-state index contributed by atoms with van der Waals surface area (Å²) in [6.07, 6.45) is 1.83. The van der Waals surface area contributed by atoms with Gasteiger partial charge >= 0.3 is 5.97 Å². The Balaban J connectivity index is 0.00000134. The van der Waals surface area contributed by atoms with Crippen molar-refractivity contribution in [1.82, 2.24) is 0 Å². The van der Waals surface area contributed by atoms with Gasteiger partial charge in [-0.25, -0.2) is 4.79 Å². The smallest absolute Gasteiger partial charge is 0.338 e. The maximum absolute atomic E-state index is 12.7. The first kappa shape index (κ1) is 29.8. The summed E-state index contributed by atoms with van der Waals surface area (Å²) in [6, 6.07) is 9.90. The van der Waals surface area contributed by atoms with Crippen molar-refractivity contribution in [3.63, 3.8) is 0 Å². The Hall–Kier alpha value is -3.78. The summed E-state index contributed by atoms with van der Waals surface area (Å²) in [5.41, 5.74) is 6.13. The molecule has 0 saturated carbocycles. The van der Waals surface area contributed by atoms with E-state index in [2.05, 4.69) is 13.8 Å². The first-order chi connectivity index (χ1) is 18.2. The summed E-state index contributed by atoms with van der Waals surface area (Å²) < 4.78 is 79.3. The van der Waals surface area contributed by atoms with E-state index in [0.29, 0.717) is 6.42 Å². The van der Waals surface area contributed by atoms with E-state index in [1.54, 1.807) is 18.2 Å². The molecule has 0 radical (unpaired) electrons. The van der Waals surface area contributed by atoms with Crippen LogP contribution in [0.4, 0.5) is 5.69 Å². The van der Waals surface area contributed by atoms with Gasteiger partial charge < -0.3 is 14.9 Å². The van der Waals surface area contributed by atoms with Crippen LogP contribution >= 0.6 is 0 Å². The fourth-order valence-corrected chi connectivity index (χ4v) is 5.59. The van der Waals surface area contributed by atoms with Crippen LogP contribution in [0.1, 0.15) is 43.1 Å². The Morgan fingerprint density at radius 3 is 2.08 bits per heavy atom. The zero-order chi connectivity index (χ0) is 29.3. The van der Waals surface area contributed by atoms with Crippen molar-refractivity contribution in [3.8, 4) is 22.5 Å². The highest BCUT2D eigenvalue weighted by Crippen LogP contribution is 2.45. The minimum atomic E-state index is -5.04. The van der Waals surface area contributed by atoms with Crippen molar-refractivity contribution in [2.24, 2.45) is 0 Å². The number of fused-ring (bicyclic) bond motifs is 2. The summed E-state index contributed by atoms with van der Waals surface area (Å²) >= 11 is 0. The van der Waals surface area contributed by atoms with Crippen LogP contribution < -0.4 is 11.1 Å². The fourth-order valence-electron chi connectivity index (χ4n) is 4.10. The van der Waals surface area contributed by atoms with Gasteiger partial charge in [0.15, 0.2) is 21.1 Å². The standard InChI is InChI=1S/C23H20N2O9S2.C3H8/c1-3-11-4-5-12(15(10-11)23(26)33-2)18-13-6-8-16(24)21(35(27,28)29)19(13)34-20-14(18)7-9-17(25)22(20)36(30,31)32;1-3-2/h4-10,24H,3,25H2,1-2H3,(H,27,28,29)(H,30,31,32);3H2,1-2H3. The van der Waals surface area contributed by atoms with Crippen LogP contribution in [0.15, 0.2) is 56.7 Å². The number of nitrogens with two attached hydrogens (primary N) is 1. The van der Waals surface area contributed by atoms with Gasteiger partial charge in [-0.3, -0.25) is 14.5 Å². The number of ether oxygens (including phenoxy) is 1. The van der Waals surface area contributed by atoms with Crippen LogP contribution in [0.25, 0.3) is 33.4 Å². The molecule has 0 saturated heterocycles. The summed E-state index contributed by atoms with van der Waals surface area (Å²) in [7, 11) is -8.86. The highest BCUT2D eigenvalue weighted by molar-refractivity contribution is 7.86. The number of hydrogen-bond donors (Lipinski definition) is 4. The molecule has 39 heavy (non-hydrogen) atoms. The number of carbonyl (C=O) groups excluding carboxylic acids is 1.